The van der Waals surface area contributed by atoms with Gasteiger partial charge in [0.05, 0.1) is 6.61 Å². The molecule has 0 aliphatic rings. The van der Waals surface area contributed by atoms with E-state index in [4.69, 9.17) is 10.5 Å². The minimum Gasteiger partial charge on any atom is -0.491 e. The molecular formula is C13H21FN2O. The molecule has 0 aliphatic heterocycles. The molecule has 96 valence electrons. The molecule has 0 bridgehead atoms. The highest BCUT2D eigenvalue weighted by Gasteiger charge is 2.07. The summed E-state index contributed by atoms with van der Waals surface area (Å²) in [4.78, 5) is 2.02. The number of anilines is 1. The molecule has 1 rings (SSSR count). The van der Waals surface area contributed by atoms with E-state index in [2.05, 4.69) is 0 Å². The molecule has 0 heterocycles. The number of nitrogens with zero attached hydrogens (tertiary/aromatic N) is 1. The maximum atomic E-state index is 13.6. The van der Waals surface area contributed by atoms with Gasteiger partial charge in [-0.3, -0.25) is 0 Å². The smallest absolute Gasteiger partial charge is 0.167 e. The molecular weight excluding hydrogens is 219 g/mol. The van der Waals surface area contributed by atoms with Gasteiger partial charge < -0.3 is 15.4 Å². The van der Waals surface area contributed by atoms with E-state index in [-0.39, 0.29) is 5.82 Å². The molecule has 0 spiro atoms. The number of unbranched alkanes of at least 4 members (excludes halogenated alkanes) is 1. The summed E-state index contributed by atoms with van der Waals surface area (Å²) in [5, 5.41) is 0. The second-order valence-electron chi connectivity index (χ2n) is 3.97. The molecule has 0 atom stereocenters. The fourth-order valence-electron chi connectivity index (χ4n) is 1.62. The van der Waals surface area contributed by atoms with E-state index in [1.807, 2.05) is 24.9 Å². The first-order valence-electron chi connectivity index (χ1n) is 6.02. The van der Waals surface area contributed by atoms with E-state index >= 15 is 0 Å². The summed E-state index contributed by atoms with van der Waals surface area (Å²) in [5.41, 5.74) is 6.30. The van der Waals surface area contributed by atoms with E-state index in [0.717, 1.165) is 25.1 Å². The van der Waals surface area contributed by atoms with Crippen LogP contribution in [0.4, 0.5) is 10.1 Å². The van der Waals surface area contributed by atoms with Crippen LogP contribution in [0.1, 0.15) is 19.8 Å². The highest BCUT2D eigenvalue weighted by Crippen LogP contribution is 2.23. The van der Waals surface area contributed by atoms with Gasteiger partial charge in [-0.1, -0.05) is 0 Å². The monoisotopic (exact) mass is 240 g/mol. The van der Waals surface area contributed by atoms with Gasteiger partial charge in [0.25, 0.3) is 0 Å². The van der Waals surface area contributed by atoms with Gasteiger partial charge in [-0.15, -0.1) is 0 Å². The van der Waals surface area contributed by atoms with Crippen molar-refractivity contribution in [3.63, 3.8) is 0 Å². The van der Waals surface area contributed by atoms with Crippen LogP contribution in [0.5, 0.6) is 5.75 Å². The number of nitrogens with two attached hydrogens (primary N) is 1. The van der Waals surface area contributed by atoms with E-state index in [1.54, 1.807) is 6.07 Å². The van der Waals surface area contributed by atoms with E-state index in [0.29, 0.717) is 18.9 Å². The van der Waals surface area contributed by atoms with Gasteiger partial charge in [-0.25, -0.2) is 4.39 Å². The molecule has 2 N–H and O–H groups in total. The molecule has 0 aliphatic carbocycles. The quantitative estimate of drug-likeness (QED) is 0.744. The molecule has 0 amide bonds. The van der Waals surface area contributed by atoms with Gasteiger partial charge in [-0.2, -0.15) is 0 Å². The predicted octanol–water partition coefficient (Wildman–Crippen LogP) is 2.40. The fraction of sp³-hybridized carbons (Fsp3) is 0.538. The van der Waals surface area contributed by atoms with Gasteiger partial charge in [0, 0.05) is 25.3 Å². The highest BCUT2D eigenvalue weighted by atomic mass is 19.1. The average Bonchev–Trinajstić information content (AvgIpc) is 2.32. The van der Waals surface area contributed by atoms with E-state index in [9.17, 15) is 4.39 Å². The standard InChI is InChI=1S/C13H21FN2O/c1-3-17-13-7-6-11(10-12(13)14)16(2)9-5-4-8-15/h6-7,10H,3-5,8-9,15H2,1-2H3. The lowest BCUT2D eigenvalue weighted by molar-refractivity contribution is 0.321. The molecule has 0 radical (unpaired) electrons. The Morgan fingerprint density at radius 1 is 1.35 bits per heavy atom. The van der Waals surface area contributed by atoms with Crippen molar-refractivity contribution in [3.8, 4) is 5.75 Å². The van der Waals surface area contributed by atoms with Crippen LogP contribution >= 0.6 is 0 Å². The molecule has 0 aromatic heterocycles. The lowest BCUT2D eigenvalue weighted by Crippen LogP contribution is -2.19. The van der Waals surface area contributed by atoms with Crippen molar-refractivity contribution in [2.24, 2.45) is 5.73 Å². The highest BCUT2D eigenvalue weighted by molar-refractivity contribution is 5.49. The van der Waals surface area contributed by atoms with Gasteiger partial charge in [-0.05, 0) is 38.4 Å². The molecule has 1 aromatic rings. The van der Waals surface area contributed by atoms with Crippen LogP contribution in [0, 0.1) is 5.82 Å². The predicted molar refractivity (Wildman–Crippen MR) is 69.1 cm³/mol. The summed E-state index contributed by atoms with van der Waals surface area (Å²) >= 11 is 0. The fourth-order valence-corrected chi connectivity index (χ4v) is 1.62. The van der Waals surface area contributed by atoms with Crippen molar-refractivity contribution in [2.75, 3.05) is 31.6 Å². The zero-order valence-corrected chi connectivity index (χ0v) is 10.6. The Labute approximate surface area is 102 Å². The van der Waals surface area contributed by atoms with Gasteiger partial charge in [0.15, 0.2) is 11.6 Å². The van der Waals surface area contributed by atoms with Crippen molar-refractivity contribution in [2.45, 2.75) is 19.8 Å². The minimum atomic E-state index is -0.310. The van der Waals surface area contributed by atoms with Crippen molar-refractivity contribution in [1.82, 2.24) is 0 Å². The van der Waals surface area contributed by atoms with E-state index < -0.39 is 0 Å². The Morgan fingerprint density at radius 2 is 2.12 bits per heavy atom. The normalized spacial score (nSPS) is 10.4. The van der Waals surface area contributed by atoms with Crippen LogP contribution in [-0.2, 0) is 0 Å². The third-order valence-corrected chi connectivity index (χ3v) is 2.60. The first-order chi connectivity index (χ1) is 8.19. The number of benzene rings is 1. The number of ether oxygens (including phenoxy) is 1. The SMILES string of the molecule is CCOc1ccc(N(C)CCCCN)cc1F. The molecule has 0 fully saturated rings. The summed E-state index contributed by atoms with van der Waals surface area (Å²) < 4.78 is 18.8. The molecule has 0 saturated heterocycles. The Bertz CT molecular complexity index is 344. The Hall–Kier alpha value is -1.29. The first kappa shape index (κ1) is 13.8. The van der Waals surface area contributed by atoms with Crippen molar-refractivity contribution in [3.05, 3.63) is 24.0 Å². The van der Waals surface area contributed by atoms with Crippen LogP contribution in [0.15, 0.2) is 18.2 Å². The average molecular weight is 240 g/mol. The molecule has 0 unspecified atom stereocenters. The zero-order valence-electron chi connectivity index (χ0n) is 10.6. The van der Waals surface area contributed by atoms with Crippen molar-refractivity contribution >= 4 is 5.69 Å². The van der Waals surface area contributed by atoms with Gasteiger partial charge in [0.2, 0.25) is 0 Å². The van der Waals surface area contributed by atoms with Crippen LogP contribution in [-0.4, -0.2) is 26.7 Å². The second kappa shape index (κ2) is 7.12. The number of halogens is 1. The Morgan fingerprint density at radius 3 is 2.71 bits per heavy atom. The van der Waals surface area contributed by atoms with Crippen LogP contribution in [0.3, 0.4) is 0 Å². The maximum Gasteiger partial charge on any atom is 0.167 e. The summed E-state index contributed by atoms with van der Waals surface area (Å²) in [7, 11) is 1.95. The Balaban J connectivity index is 2.62. The topological polar surface area (TPSA) is 38.5 Å². The van der Waals surface area contributed by atoms with Crippen LogP contribution < -0.4 is 15.4 Å². The molecule has 1 aromatic carbocycles. The van der Waals surface area contributed by atoms with E-state index in [1.165, 1.54) is 6.07 Å². The summed E-state index contributed by atoms with van der Waals surface area (Å²) in [6, 6.07) is 5.05. The van der Waals surface area contributed by atoms with Crippen molar-refractivity contribution < 1.29 is 9.13 Å². The second-order valence-corrected chi connectivity index (χ2v) is 3.97. The summed E-state index contributed by atoms with van der Waals surface area (Å²) in [6.45, 7) is 3.89. The summed E-state index contributed by atoms with van der Waals surface area (Å²) in [5.74, 6) is 0.00151. The minimum absolute atomic E-state index is 0.310. The zero-order chi connectivity index (χ0) is 12.7. The van der Waals surface area contributed by atoms with Crippen molar-refractivity contribution in [1.29, 1.82) is 0 Å². The molecule has 3 nitrogen and oxygen atoms in total. The third-order valence-electron chi connectivity index (χ3n) is 2.60. The molecule has 17 heavy (non-hydrogen) atoms. The maximum absolute atomic E-state index is 13.6. The largest absolute Gasteiger partial charge is 0.491 e. The third kappa shape index (κ3) is 4.23. The molecule has 0 saturated carbocycles. The van der Waals surface area contributed by atoms with Gasteiger partial charge in [0.1, 0.15) is 0 Å². The number of hydrogen-bond acceptors (Lipinski definition) is 3. The summed E-state index contributed by atoms with van der Waals surface area (Å²) in [6.07, 6.45) is 2.01. The number of hydrogen-bond donors (Lipinski definition) is 1. The lowest BCUT2D eigenvalue weighted by atomic mass is 10.2. The number of rotatable bonds is 7. The molecule has 4 heteroatoms. The van der Waals surface area contributed by atoms with Crippen LogP contribution in [0.2, 0.25) is 0 Å². The van der Waals surface area contributed by atoms with Gasteiger partial charge >= 0.3 is 0 Å². The lowest BCUT2D eigenvalue weighted by Gasteiger charge is -2.19. The first-order valence-corrected chi connectivity index (χ1v) is 6.02. The Kier molecular flexibility index (Phi) is 5.77. The van der Waals surface area contributed by atoms with Crippen LogP contribution in [0.25, 0.3) is 0 Å².